The summed E-state index contributed by atoms with van der Waals surface area (Å²) in [6, 6.07) is 5.81. The minimum Gasteiger partial charge on any atom is -0.390 e. The molecule has 0 aliphatic carbocycles. The van der Waals surface area contributed by atoms with Crippen molar-refractivity contribution in [2.24, 2.45) is 0 Å². The van der Waals surface area contributed by atoms with Gasteiger partial charge in [0.05, 0.1) is 11.2 Å². The van der Waals surface area contributed by atoms with Gasteiger partial charge in [0.1, 0.15) is 0 Å². The molecule has 1 atom stereocenters. The Kier molecular flexibility index (Phi) is 4.31. The van der Waals surface area contributed by atoms with Crippen molar-refractivity contribution in [1.29, 1.82) is 0 Å². The van der Waals surface area contributed by atoms with Crippen LogP contribution in [0.4, 0.5) is 0 Å². The minimum absolute atomic E-state index is 0.0493. The highest BCUT2D eigenvalue weighted by Crippen LogP contribution is 2.25. The second-order valence-electron chi connectivity index (χ2n) is 5.63. The van der Waals surface area contributed by atoms with Crippen LogP contribution in [0.25, 0.3) is 0 Å². The van der Waals surface area contributed by atoms with Crippen LogP contribution in [-0.2, 0) is 0 Å². The maximum atomic E-state index is 12.6. The predicted octanol–water partition coefficient (Wildman–Crippen LogP) is 3.13. The highest BCUT2D eigenvalue weighted by atomic mass is 79.9. The summed E-state index contributed by atoms with van der Waals surface area (Å²) in [6.07, 6.45) is 2.25. The largest absolute Gasteiger partial charge is 0.390 e. The molecule has 1 amide bonds. The standard InChI is InChI=1S/C15H20BrNO2/c1-11-4-5-13(16)12(10-11)14(18)17-8-3-6-15(2,19)7-9-17/h4-5,10,19H,3,6-9H2,1-2H3. The number of amides is 1. The van der Waals surface area contributed by atoms with E-state index in [9.17, 15) is 9.90 Å². The van der Waals surface area contributed by atoms with Gasteiger partial charge in [0, 0.05) is 17.6 Å². The van der Waals surface area contributed by atoms with Crippen molar-refractivity contribution < 1.29 is 9.90 Å². The Morgan fingerprint density at radius 3 is 2.84 bits per heavy atom. The molecule has 1 unspecified atom stereocenters. The quantitative estimate of drug-likeness (QED) is 0.861. The number of benzene rings is 1. The predicted molar refractivity (Wildman–Crippen MR) is 79.3 cm³/mol. The molecule has 0 aromatic heterocycles. The van der Waals surface area contributed by atoms with E-state index in [1.807, 2.05) is 36.9 Å². The molecule has 2 rings (SSSR count). The third-order valence-corrected chi connectivity index (χ3v) is 4.39. The molecule has 0 bridgehead atoms. The first-order valence-corrected chi connectivity index (χ1v) is 7.46. The van der Waals surface area contributed by atoms with E-state index >= 15 is 0 Å². The van der Waals surface area contributed by atoms with Crippen LogP contribution in [0, 0.1) is 6.92 Å². The smallest absolute Gasteiger partial charge is 0.255 e. The molecular weight excluding hydrogens is 306 g/mol. The zero-order valence-corrected chi connectivity index (χ0v) is 13.0. The van der Waals surface area contributed by atoms with Gasteiger partial charge in [-0.25, -0.2) is 0 Å². The lowest BCUT2D eigenvalue weighted by molar-refractivity contribution is 0.0438. The third-order valence-electron chi connectivity index (χ3n) is 3.70. The average molecular weight is 326 g/mol. The Balaban J connectivity index is 2.17. The first-order valence-electron chi connectivity index (χ1n) is 6.67. The van der Waals surface area contributed by atoms with Crippen molar-refractivity contribution >= 4 is 21.8 Å². The van der Waals surface area contributed by atoms with E-state index < -0.39 is 5.60 Å². The van der Waals surface area contributed by atoms with Crippen molar-refractivity contribution in [1.82, 2.24) is 4.90 Å². The fourth-order valence-corrected chi connectivity index (χ4v) is 2.86. The van der Waals surface area contributed by atoms with E-state index in [0.29, 0.717) is 18.5 Å². The summed E-state index contributed by atoms with van der Waals surface area (Å²) in [7, 11) is 0. The first kappa shape index (κ1) is 14.5. The van der Waals surface area contributed by atoms with E-state index in [4.69, 9.17) is 0 Å². The van der Waals surface area contributed by atoms with Gasteiger partial charge in [-0.1, -0.05) is 11.6 Å². The SMILES string of the molecule is Cc1ccc(Br)c(C(=O)N2CCCC(C)(O)CC2)c1. The molecule has 1 saturated heterocycles. The van der Waals surface area contributed by atoms with Gasteiger partial charge in [-0.2, -0.15) is 0 Å². The lowest BCUT2D eigenvalue weighted by Gasteiger charge is -2.23. The molecule has 104 valence electrons. The number of hydrogen-bond acceptors (Lipinski definition) is 2. The van der Waals surface area contributed by atoms with E-state index in [2.05, 4.69) is 15.9 Å². The number of aliphatic hydroxyl groups is 1. The number of carbonyl (C=O) groups is 1. The first-order chi connectivity index (χ1) is 8.89. The van der Waals surface area contributed by atoms with Crippen LogP contribution < -0.4 is 0 Å². The molecule has 4 heteroatoms. The second-order valence-corrected chi connectivity index (χ2v) is 6.48. The number of rotatable bonds is 1. The third kappa shape index (κ3) is 3.57. The summed E-state index contributed by atoms with van der Waals surface area (Å²) < 4.78 is 0.833. The van der Waals surface area contributed by atoms with Crippen LogP contribution in [0.5, 0.6) is 0 Å². The zero-order valence-electron chi connectivity index (χ0n) is 11.4. The van der Waals surface area contributed by atoms with Crippen LogP contribution in [0.1, 0.15) is 42.1 Å². The van der Waals surface area contributed by atoms with Crippen molar-refractivity contribution in [2.75, 3.05) is 13.1 Å². The topological polar surface area (TPSA) is 40.5 Å². The highest BCUT2D eigenvalue weighted by Gasteiger charge is 2.28. The highest BCUT2D eigenvalue weighted by molar-refractivity contribution is 9.10. The molecule has 1 aromatic rings. The maximum Gasteiger partial charge on any atom is 0.255 e. The summed E-state index contributed by atoms with van der Waals surface area (Å²) in [4.78, 5) is 14.4. The monoisotopic (exact) mass is 325 g/mol. The Hall–Kier alpha value is -0.870. The lowest BCUT2D eigenvalue weighted by atomic mass is 9.98. The van der Waals surface area contributed by atoms with Gasteiger partial charge >= 0.3 is 0 Å². The normalized spacial score (nSPS) is 24.1. The minimum atomic E-state index is -0.640. The lowest BCUT2D eigenvalue weighted by Crippen LogP contribution is -2.33. The van der Waals surface area contributed by atoms with Gasteiger partial charge in [0.25, 0.3) is 5.91 Å². The zero-order chi connectivity index (χ0) is 14.0. The molecule has 1 aromatic carbocycles. The number of halogens is 1. The molecule has 3 nitrogen and oxygen atoms in total. The summed E-state index contributed by atoms with van der Waals surface area (Å²) in [5.74, 6) is 0.0493. The molecule has 1 aliphatic heterocycles. The van der Waals surface area contributed by atoms with Gasteiger partial charge in [-0.05, 0) is 61.2 Å². The summed E-state index contributed by atoms with van der Waals surface area (Å²) >= 11 is 3.44. The van der Waals surface area contributed by atoms with E-state index in [0.717, 1.165) is 29.4 Å². The molecule has 0 radical (unpaired) electrons. The fraction of sp³-hybridized carbons (Fsp3) is 0.533. The number of carbonyl (C=O) groups excluding carboxylic acids is 1. The van der Waals surface area contributed by atoms with Gasteiger partial charge in [-0.3, -0.25) is 4.79 Å². The van der Waals surface area contributed by atoms with Crippen molar-refractivity contribution in [2.45, 2.75) is 38.7 Å². The molecular formula is C15H20BrNO2. The van der Waals surface area contributed by atoms with Crippen LogP contribution in [0.3, 0.4) is 0 Å². The van der Waals surface area contributed by atoms with Gasteiger partial charge in [0.15, 0.2) is 0 Å². The number of nitrogens with zero attached hydrogens (tertiary/aromatic N) is 1. The molecule has 1 aliphatic rings. The van der Waals surface area contributed by atoms with Crippen molar-refractivity contribution in [3.63, 3.8) is 0 Å². The molecule has 1 fully saturated rings. The van der Waals surface area contributed by atoms with Crippen LogP contribution in [0.15, 0.2) is 22.7 Å². The van der Waals surface area contributed by atoms with Gasteiger partial charge in [-0.15, -0.1) is 0 Å². The Morgan fingerprint density at radius 2 is 2.11 bits per heavy atom. The van der Waals surface area contributed by atoms with Gasteiger partial charge < -0.3 is 10.0 Å². The molecule has 1 heterocycles. The Bertz CT molecular complexity index is 485. The summed E-state index contributed by atoms with van der Waals surface area (Å²) in [5.41, 5.74) is 1.15. The number of aryl methyl sites for hydroxylation is 1. The number of likely N-dealkylation sites (tertiary alicyclic amines) is 1. The van der Waals surface area contributed by atoms with Crippen LogP contribution in [-0.4, -0.2) is 34.6 Å². The fourth-order valence-electron chi connectivity index (χ4n) is 2.44. The molecule has 0 saturated carbocycles. The Morgan fingerprint density at radius 1 is 1.37 bits per heavy atom. The molecule has 0 spiro atoms. The van der Waals surface area contributed by atoms with Crippen LogP contribution in [0.2, 0.25) is 0 Å². The van der Waals surface area contributed by atoms with Crippen molar-refractivity contribution in [3.05, 3.63) is 33.8 Å². The molecule has 1 N–H and O–H groups in total. The van der Waals surface area contributed by atoms with E-state index in [-0.39, 0.29) is 5.91 Å². The van der Waals surface area contributed by atoms with Gasteiger partial charge in [0.2, 0.25) is 0 Å². The summed E-state index contributed by atoms with van der Waals surface area (Å²) in [6.45, 7) is 5.17. The Labute approximate surface area is 122 Å². The summed E-state index contributed by atoms with van der Waals surface area (Å²) in [5, 5.41) is 10.1. The molecule has 19 heavy (non-hydrogen) atoms. The average Bonchev–Trinajstić information content (AvgIpc) is 2.52. The number of hydrogen-bond donors (Lipinski definition) is 1. The van der Waals surface area contributed by atoms with E-state index in [1.54, 1.807) is 0 Å². The maximum absolute atomic E-state index is 12.6. The van der Waals surface area contributed by atoms with E-state index in [1.165, 1.54) is 0 Å². The van der Waals surface area contributed by atoms with Crippen LogP contribution >= 0.6 is 15.9 Å². The second kappa shape index (κ2) is 5.63. The van der Waals surface area contributed by atoms with Crippen molar-refractivity contribution in [3.8, 4) is 0 Å².